The molecular formula is C8H10NO3S-. The van der Waals surface area contributed by atoms with E-state index < -0.39 is 11.1 Å². The summed E-state index contributed by atoms with van der Waals surface area (Å²) in [5.74, 6) is -0.333. The molecule has 0 fully saturated rings. The van der Waals surface area contributed by atoms with E-state index in [0.717, 1.165) is 0 Å². The van der Waals surface area contributed by atoms with Gasteiger partial charge in [0.05, 0.1) is 0 Å². The standard InChI is InChI=1S/C6H6O2S.C2H5NO/c7-9(8)6-4-2-1-3-5-6;1-2(3)4/h1-5H,(H,7,8);1H3,(H2,3,4)/p-1. The fourth-order valence-corrected chi connectivity index (χ4v) is 0.911. The lowest BCUT2D eigenvalue weighted by Crippen LogP contribution is -2.01. The number of carbonyl (C=O) groups is 1. The van der Waals surface area contributed by atoms with Gasteiger partial charge >= 0.3 is 0 Å². The first-order valence-electron chi connectivity index (χ1n) is 3.44. The van der Waals surface area contributed by atoms with E-state index >= 15 is 0 Å². The molecule has 0 aliphatic rings. The normalized spacial score (nSPS) is 10.9. The van der Waals surface area contributed by atoms with Gasteiger partial charge < -0.3 is 10.3 Å². The highest BCUT2D eigenvalue weighted by atomic mass is 32.2. The van der Waals surface area contributed by atoms with Crippen LogP contribution in [0.4, 0.5) is 0 Å². The van der Waals surface area contributed by atoms with Crippen molar-refractivity contribution >= 4 is 17.0 Å². The molecule has 4 nitrogen and oxygen atoms in total. The highest BCUT2D eigenvalue weighted by Gasteiger charge is 1.84. The van der Waals surface area contributed by atoms with Crippen LogP contribution in [0.1, 0.15) is 6.92 Å². The topological polar surface area (TPSA) is 83.2 Å². The number of primary amides is 1. The van der Waals surface area contributed by atoms with E-state index in [1.54, 1.807) is 30.3 Å². The van der Waals surface area contributed by atoms with Gasteiger partial charge in [0.25, 0.3) is 0 Å². The molecule has 1 rings (SSSR count). The summed E-state index contributed by atoms with van der Waals surface area (Å²) in [4.78, 5) is 9.55. The van der Waals surface area contributed by atoms with E-state index in [0.29, 0.717) is 4.90 Å². The molecule has 1 amide bonds. The van der Waals surface area contributed by atoms with Gasteiger partial charge in [0.2, 0.25) is 5.91 Å². The molecule has 0 aromatic heterocycles. The lowest BCUT2D eigenvalue weighted by Gasteiger charge is -2.01. The Morgan fingerprint density at radius 3 is 2.00 bits per heavy atom. The number of hydrogen-bond donors (Lipinski definition) is 1. The van der Waals surface area contributed by atoms with Gasteiger partial charge in [-0.2, -0.15) is 0 Å². The Labute approximate surface area is 79.0 Å². The zero-order chi connectivity index (χ0) is 10.3. The van der Waals surface area contributed by atoms with E-state index in [1.807, 2.05) is 0 Å². The van der Waals surface area contributed by atoms with Gasteiger partial charge in [-0.3, -0.25) is 9.00 Å². The summed E-state index contributed by atoms with van der Waals surface area (Å²) in [7, 11) is 0. The van der Waals surface area contributed by atoms with Crippen LogP contribution in [0.3, 0.4) is 0 Å². The fraction of sp³-hybridized carbons (Fsp3) is 0.125. The molecule has 0 bridgehead atoms. The summed E-state index contributed by atoms with van der Waals surface area (Å²) < 4.78 is 20.4. The molecule has 13 heavy (non-hydrogen) atoms. The maximum absolute atomic E-state index is 10.2. The predicted octanol–water partition coefficient (Wildman–Crippen LogP) is 0.416. The van der Waals surface area contributed by atoms with Gasteiger partial charge in [0, 0.05) is 11.8 Å². The van der Waals surface area contributed by atoms with Crippen molar-refractivity contribution < 1.29 is 13.6 Å². The molecule has 0 aliphatic heterocycles. The molecule has 0 heterocycles. The third-order valence-electron chi connectivity index (χ3n) is 0.936. The summed E-state index contributed by atoms with van der Waals surface area (Å²) in [6.07, 6.45) is 0. The summed E-state index contributed by atoms with van der Waals surface area (Å²) in [5, 5.41) is 0. The van der Waals surface area contributed by atoms with Crippen molar-refractivity contribution in [1.29, 1.82) is 0 Å². The molecule has 0 radical (unpaired) electrons. The van der Waals surface area contributed by atoms with Crippen molar-refractivity contribution in [3.63, 3.8) is 0 Å². The lowest BCUT2D eigenvalue weighted by molar-refractivity contribution is -0.115. The van der Waals surface area contributed by atoms with Gasteiger partial charge in [-0.25, -0.2) is 0 Å². The van der Waals surface area contributed by atoms with Crippen molar-refractivity contribution in [2.24, 2.45) is 5.73 Å². The van der Waals surface area contributed by atoms with Gasteiger partial charge in [0.1, 0.15) is 0 Å². The van der Waals surface area contributed by atoms with E-state index in [1.165, 1.54) is 6.92 Å². The van der Waals surface area contributed by atoms with Crippen LogP contribution in [-0.2, 0) is 15.9 Å². The summed E-state index contributed by atoms with van der Waals surface area (Å²) in [6.45, 7) is 1.31. The third-order valence-corrected chi connectivity index (χ3v) is 1.59. The Balaban J connectivity index is 0.000000310. The van der Waals surface area contributed by atoms with Crippen LogP contribution in [0.25, 0.3) is 0 Å². The highest BCUT2D eigenvalue weighted by molar-refractivity contribution is 7.79. The number of nitrogens with two attached hydrogens (primary N) is 1. The maximum atomic E-state index is 10.2. The quantitative estimate of drug-likeness (QED) is 0.666. The zero-order valence-corrected chi connectivity index (χ0v) is 7.91. The number of amides is 1. The second kappa shape index (κ2) is 6.33. The van der Waals surface area contributed by atoms with Crippen LogP contribution >= 0.6 is 0 Å². The second-order valence-corrected chi connectivity index (χ2v) is 3.10. The van der Waals surface area contributed by atoms with Crippen LogP contribution in [0.5, 0.6) is 0 Å². The molecule has 1 unspecified atom stereocenters. The van der Waals surface area contributed by atoms with E-state index in [4.69, 9.17) is 0 Å². The van der Waals surface area contributed by atoms with Gasteiger partial charge in [-0.1, -0.05) is 18.2 Å². The highest BCUT2D eigenvalue weighted by Crippen LogP contribution is 2.00. The van der Waals surface area contributed by atoms with Crippen LogP contribution in [0.15, 0.2) is 35.2 Å². The number of hydrogen-bond acceptors (Lipinski definition) is 3. The van der Waals surface area contributed by atoms with Crippen molar-refractivity contribution in [2.45, 2.75) is 11.8 Å². The predicted molar refractivity (Wildman–Crippen MR) is 48.5 cm³/mol. The van der Waals surface area contributed by atoms with Crippen LogP contribution in [-0.4, -0.2) is 14.7 Å². The Morgan fingerprint density at radius 2 is 1.77 bits per heavy atom. The van der Waals surface area contributed by atoms with Crippen molar-refractivity contribution in [1.82, 2.24) is 0 Å². The average Bonchev–Trinajstić information content (AvgIpc) is 2.05. The Kier molecular flexibility index (Phi) is 5.75. The molecule has 1 aromatic rings. The zero-order valence-electron chi connectivity index (χ0n) is 7.10. The fourth-order valence-electron chi connectivity index (χ4n) is 0.532. The minimum atomic E-state index is -2.08. The molecule has 2 N–H and O–H groups in total. The number of benzene rings is 1. The Bertz CT molecular complexity index is 283. The van der Waals surface area contributed by atoms with Crippen LogP contribution < -0.4 is 5.73 Å². The second-order valence-electron chi connectivity index (χ2n) is 2.16. The van der Waals surface area contributed by atoms with E-state index in [9.17, 15) is 13.6 Å². The Morgan fingerprint density at radius 1 is 1.38 bits per heavy atom. The molecule has 1 atom stereocenters. The molecule has 0 aliphatic carbocycles. The molecule has 1 aromatic carbocycles. The van der Waals surface area contributed by atoms with Crippen molar-refractivity contribution in [2.75, 3.05) is 0 Å². The third kappa shape index (κ3) is 7.17. The maximum Gasteiger partial charge on any atom is 0.214 e. The molecule has 0 spiro atoms. The van der Waals surface area contributed by atoms with Crippen molar-refractivity contribution in [3.8, 4) is 0 Å². The largest absolute Gasteiger partial charge is 0.768 e. The molecule has 72 valence electrons. The van der Waals surface area contributed by atoms with Crippen LogP contribution in [0, 0.1) is 0 Å². The number of carbonyl (C=O) groups excluding carboxylic acids is 1. The molecule has 0 saturated carbocycles. The first kappa shape index (κ1) is 11.8. The Hall–Kier alpha value is -1.20. The summed E-state index contributed by atoms with van der Waals surface area (Å²) in [6, 6.07) is 8.23. The monoisotopic (exact) mass is 200 g/mol. The number of rotatable bonds is 1. The van der Waals surface area contributed by atoms with E-state index in [-0.39, 0.29) is 5.91 Å². The van der Waals surface area contributed by atoms with Gasteiger partial charge in [0.15, 0.2) is 0 Å². The minimum Gasteiger partial charge on any atom is -0.768 e. The van der Waals surface area contributed by atoms with Crippen LogP contribution in [0.2, 0.25) is 0 Å². The van der Waals surface area contributed by atoms with Gasteiger partial charge in [-0.05, 0) is 23.2 Å². The molecule has 0 saturated heterocycles. The SMILES string of the molecule is CC(N)=O.O=S([O-])c1ccccc1. The average molecular weight is 200 g/mol. The molecule has 5 heteroatoms. The first-order valence-corrected chi connectivity index (χ1v) is 4.52. The minimum absolute atomic E-state index is 0.331. The smallest absolute Gasteiger partial charge is 0.214 e. The summed E-state index contributed by atoms with van der Waals surface area (Å²) >= 11 is -2.08. The van der Waals surface area contributed by atoms with Gasteiger partial charge in [-0.15, -0.1) is 0 Å². The van der Waals surface area contributed by atoms with E-state index in [2.05, 4.69) is 5.73 Å². The first-order chi connectivity index (χ1) is 6.04. The summed E-state index contributed by atoms with van der Waals surface area (Å²) in [5.41, 5.74) is 4.47. The molecular weight excluding hydrogens is 190 g/mol. The lowest BCUT2D eigenvalue weighted by atomic mass is 10.4. The van der Waals surface area contributed by atoms with Crippen molar-refractivity contribution in [3.05, 3.63) is 30.3 Å².